The van der Waals surface area contributed by atoms with E-state index in [9.17, 15) is 0 Å². The molecule has 0 aromatic heterocycles. The molecular weight excluding hydrogens is 220 g/mol. The van der Waals surface area contributed by atoms with Crippen molar-refractivity contribution in [3.63, 3.8) is 0 Å². The van der Waals surface area contributed by atoms with Crippen LogP contribution in [0.15, 0.2) is 0 Å². The molecule has 1 atom stereocenters. The molecule has 0 aromatic rings. The third-order valence-electron chi connectivity index (χ3n) is 5.04. The molecule has 18 heavy (non-hydrogen) atoms. The average Bonchev–Trinajstić information content (AvgIpc) is 2.48. The van der Waals surface area contributed by atoms with Crippen LogP contribution in [0, 0.1) is 11.3 Å². The van der Waals surface area contributed by atoms with Crippen molar-refractivity contribution in [1.29, 1.82) is 0 Å². The Balaban J connectivity index is 1.86. The van der Waals surface area contributed by atoms with Crippen molar-refractivity contribution >= 4 is 0 Å². The minimum absolute atomic E-state index is 0.687. The predicted octanol–water partition coefficient (Wildman–Crippen LogP) is 3.28. The highest BCUT2D eigenvalue weighted by atomic mass is 15.2. The fraction of sp³-hybridized carbons (Fsp3) is 1.00. The van der Waals surface area contributed by atoms with Crippen LogP contribution in [0.3, 0.4) is 0 Å². The summed E-state index contributed by atoms with van der Waals surface area (Å²) >= 11 is 0. The van der Waals surface area contributed by atoms with Crippen molar-refractivity contribution < 1.29 is 0 Å². The highest BCUT2D eigenvalue weighted by Gasteiger charge is 2.37. The van der Waals surface area contributed by atoms with E-state index in [1.807, 2.05) is 0 Å². The largest absolute Gasteiger partial charge is 0.313 e. The lowest BCUT2D eigenvalue weighted by Crippen LogP contribution is -2.45. The smallest absolute Gasteiger partial charge is 0.0197 e. The molecule has 0 bridgehead atoms. The highest BCUT2D eigenvalue weighted by Crippen LogP contribution is 2.44. The van der Waals surface area contributed by atoms with Gasteiger partial charge in [-0.15, -0.1) is 0 Å². The molecule has 1 saturated heterocycles. The number of nitrogens with zero attached hydrogens (tertiary/aromatic N) is 1. The number of hydrogen-bond acceptors (Lipinski definition) is 2. The molecule has 1 unspecified atom stereocenters. The zero-order chi connectivity index (χ0) is 13.0. The normalized spacial score (nSPS) is 29.0. The summed E-state index contributed by atoms with van der Waals surface area (Å²) in [7, 11) is 0. The Morgan fingerprint density at radius 2 is 2.06 bits per heavy atom. The van der Waals surface area contributed by atoms with Crippen molar-refractivity contribution in [3.8, 4) is 0 Å². The van der Waals surface area contributed by atoms with Gasteiger partial charge in [-0.05, 0) is 56.5 Å². The summed E-state index contributed by atoms with van der Waals surface area (Å²) < 4.78 is 0. The van der Waals surface area contributed by atoms with Crippen molar-refractivity contribution in [2.75, 3.05) is 26.2 Å². The summed E-state index contributed by atoms with van der Waals surface area (Å²) in [6, 6.07) is 0.724. The first kappa shape index (κ1) is 14.3. The van der Waals surface area contributed by atoms with Gasteiger partial charge in [0.15, 0.2) is 0 Å². The molecule has 2 rings (SSSR count). The summed E-state index contributed by atoms with van der Waals surface area (Å²) in [5.74, 6) is 0.811. The van der Waals surface area contributed by atoms with Gasteiger partial charge in [0, 0.05) is 19.1 Å². The van der Waals surface area contributed by atoms with Gasteiger partial charge in [-0.25, -0.2) is 0 Å². The molecular formula is C16H32N2. The predicted molar refractivity (Wildman–Crippen MR) is 78.9 cm³/mol. The monoisotopic (exact) mass is 252 g/mol. The van der Waals surface area contributed by atoms with Crippen LogP contribution in [0.2, 0.25) is 0 Å². The standard InChI is InChI=1S/C16H32N2/c1-4-16(7-5-8-16)13-18-10-6-9-17-15(12-18)11-14(2)3/h14-15,17H,4-13H2,1-3H3. The van der Waals surface area contributed by atoms with Crippen molar-refractivity contribution in [3.05, 3.63) is 0 Å². The van der Waals surface area contributed by atoms with E-state index in [1.54, 1.807) is 0 Å². The summed E-state index contributed by atoms with van der Waals surface area (Å²) in [5.41, 5.74) is 0.687. The lowest BCUT2D eigenvalue weighted by atomic mass is 9.66. The molecule has 1 heterocycles. The van der Waals surface area contributed by atoms with Gasteiger partial charge in [0.05, 0.1) is 0 Å². The van der Waals surface area contributed by atoms with E-state index in [1.165, 1.54) is 64.7 Å². The molecule has 2 nitrogen and oxygen atoms in total. The van der Waals surface area contributed by atoms with E-state index < -0.39 is 0 Å². The molecule has 0 radical (unpaired) electrons. The SMILES string of the molecule is CCC1(CN2CCCNC(CC(C)C)C2)CCC1. The van der Waals surface area contributed by atoms with Gasteiger partial charge in [0.2, 0.25) is 0 Å². The maximum absolute atomic E-state index is 3.74. The van der Waals surface area contributed by atoms with E-state index in [-0.39, 0.29) is 0 Å². The molecule has 2 fully saturated rings. The molecule has 0 amide bonds. The minimum atomic E-state index is 0.687. The molecule has 2 heteroatoms. The van der Waals surface area contributed by atoms with Crippen LogP contribution in [-0.4, -0.2) is 37.1 Å². The van der Waals surface area contributed by atoms with Gasteiger partial charge >= 0.3 is 0 Å². The van der Waals surface area contributed by atoms with Gasteiger partial charge < -0.3 is 10.2 Å². The Labute approximate surface area is 114 Å². The fourth-order valence-corrected chi connectivity index (χ4v) is 3.72. The molecule has 1 aliphatic carbocycles. The fourth-order valence-electron chi connectivity index (χ4n) is 3.72. The third-order valence-corrected chi connectivity index (χ3v) is 5.04. The van der Waals surface area contributed by atoms with E-state index in [2.05, 4.69) is 31.0 Å². The molecule has 106 valence electrons. The van der Waals surface area contributed by atoms with Gasteiger partial charge in [-0.3, -0.25) is 0 Å². The van der Waals surface area contributed by atoms with E-state index >= 15 is 0 Å². The van der Waals surface area contributed by atoms with Crippen LogP contribution in [0.4, 0.5) is 0 Å². The zero-order valence-corrected chi connectivity index (χ0v) is 12.7. The lowest BCUT2D eigenvalue weighted by Gasteiger charge is -2.45. The van der Waals surface area contributed by atoms with E-state index in [4.69, 9.17) is 0 Å². The quantitative estimate of drug-likeness (QED) is 0.808. The van der Waals surface area contributed by atoms with Crippen molar-refractivity contribution in [2.24, 2.45) is 11.3 Å². The molecule has 1 aliphatic heterocycles. The van der Waals surface area contributed by atoms with Crippen LogP contribution in [0.25, 0.3) is 0 Å². The summed E-state index contributed by atoms with van der Waals surface area (Å²) in [4.78, 5) is 2.76. The first-order valence-corrected chi connectivity index (χ1v) is 8.09. The second kappa shape index (κ2) is 6.38. The number of nitrogens with one attached hydrogen (secondary N) is 1. The molecule has 2 aliphatic rings. The van der Waals surface area contributed by atoms with Gasteiger partial charge in [0.25, 0.3) is 0 Å². The van der Waals surface area contributed by atoms with Crippen molar-refractivity contribution in [1.82, 2.24) is 10.2 Å². The van der Waals surface area contributed by atoms with Crippen LogP contribution in [0.5, 0.6) is 0 Å². The van der Waals surface area contributed by atoms with Gasteiger partial charge in [-0.2, -0.15) is 0 Å². The number of rotatable bonds is 5. The van der Waals surface area contributed by atoms with Crippen LogP contribution < -0.4 is 5.32 Å². The first-order valence-electron chi connectivity index (χ1n) is 8.09. The average molecular weight is 252 g/mol. The molecule has 1 saturated carbocycles. The highest BCUT2D eigenvalue weighted by molar-refractivity contribution is 4.91. The molecule has 0 spiro atoms. The Bertz CT molecular complexity index is 240. The maximum Gasteiger partial charge on any atom is 0.0197 e. The molecule has 0 aromatic carbocycles. The number of hydrogen-bond donors (Lipinski definition) is 1. The third kappa shape index (κ3) is 3.71. The van der Waals surface area contributed by atoms with E-state index in [0.717, 1.165) is 12.0 Å². The topological polar surface area (TPSA) is 15.3 Å². The zero-order valence-electron chi connectivity index (χ0n) is 12.7. The summed E-state index contributed by atoms with van der Waals surface area (Å²) in [6.07, 6.45) is 8.45. The second-order valence-electron chi connectivity index (χ2n) is 7.08. The second-order valence-corrected chi connectivity index (χ2v) is 7.08. The summed E-state index contributed by atoms with van der Waals surface area (Å²) in [5, 5.41) is 3.74. The van der Waals surface area contributed by atoms with E-state index in [0.29, 0.717) is 5.41 Å². The summed E-state index contributed by atoms with van der Waals surface area (Å²) in [6.45, 7) is 12.2. The van der Waals surface area contributed by atoms with Crippen LogP contribution in [-0.2, 0) is 0 Å². The lowest BCUT2D eigenvalue weighted by molar-refractivity contribution is 0.0605. The Morgan fingerprint density at radius 1 is 1.28 bits per heavy atom. The van der Waals surface area contributed by atoms with Gasteiger partial charge in [0.1, 0.15) is 0 Å². The Hall–Kier alpha value is -0.0800. The first-order chi connectivity index (χ1) is 8.63. The Kier molecular flexibility index (Phi) is 5.08. The maximum atomic E-state index is 3.74. The van der Waals surface area contributed by atoms with Crippen molar-refractivity contribution in [2.45, 2.75) is 65.3 Å². The van der Waals surface area contributed by atoms with Crippen LogP contribution in [0.1, 0.15) is 59.3 Å². The van der Waals surface area contributed by atoms with Crippen LogP contribution >= 0.6 is 0 Å². The molecule has 1 N–H and O–H groups in total. The minimum Gasteiger partial charge on any atom is -0.313 e. The Morgan fingerprint density at radius 3 is 2.61 bits per heavy atom. The van der Waals surface area contributed by atoms with Gasteiger partial charge in [-0.1, -0.05) is 27.2 Å².